The van der Waals surface area contributed by atoms with E-state index < -0.39 is 23.8 Å². The van der Waals surface area contributed by atoms with Gasteiger partial charge in [0.1, 0.15) is 17.8 Å². The van der Waals surface area contributed by atoms with E-state index in [-0.39, 0.29) is 6.10 Å². The minimum absolute atomic E-state index is 0.301. The SMILES string of the molecule is COCC1(COCc2ccccc2)OC2OC(C)(C)OC2C1OCc1ccccc1. The molecule has 30 heavy (non-hydrogen) atoms. The second-order valence-corrected chi connectivity index (χ2v) is 8.28. The van der Waals surface area contributed by atoms with Crippen LogP contribution in [0.25, 0.3) is 0 Å². The van der Waals surface area contributed by atoms with Gasteiger partial charge in [-0.3, -0.25) is 0 Å². The van der Waals surface area contributed by atoms with Crippen molar-refractivity contribution in [1.29, 1.82) is 0 Å². The Hall–Kier alpha value is -1.80. The Morgan fingerprint density at radius 1 is 0.800 bits per heavy atom. The molecule has 162 valence electrons. The molecule has 2 saturated heterocycles. The van der Waals surface area contributed by atoms with E-state index in [2.05, 4.69) is 0 Å². The van der Waals surface area contributed by atoms with Crippen LogP contribution in [0.3, 0.4) is 0 Å². The van der Waals surface area contributed by atoms with Crippen molar-refractivity contribution in [3.8, 4) is 0 Å². The smallest absolute Gasteiger partial charge is 0.190 e. The molecule has 4 rings (SSSR count). The minimum atomic E-state index is -0.829. The summed E-state index contributed by atoms with van der Waals surface area (Å²) in [5.74, 6) is -0.728. The summed E-state index contributed by atoms with van der Waals surface area (Å²) in [6.45, 7) is 5.28. The van der Waals surface area contributed by atoms with Crippen molar-refractivity contribution in [2.45, 2.75) is 56.9 Å². The monoisotopic (exact) mass is 414 g/mol. The molecule has 2 aliphatic heterocycles. The quantitative estimate of drug-likeness (QED) is 0.624. The zero-order chi connectivity index (χ0) is 21.0. The first-order chi connectivity index (χ1) is 14.5. The molecule has 0 aliphatic carbocycles. The highest BCUT2D eigenvalue weighted by Gasteiger charge is 2.62. The first-order valence-corrected chi connectivity index (χ1v) is 10.3. The molecule has 4 atom stereocenters. The Kier molecular flexibility index (Phi) is 6.53. The van der Waals surface area contributed by atoms with Crippen LogP contribution in [0.4, 0.5) is 0 Å². The summed E-state index contributed by atoms with van der Waals surface area (Å²) in [6.07, 6.45) is -1.30. The molecular formula is C24H30O6. The summed E-state index contributed by atoms with van der Waals surface area (Å²) in [5.41, 5.74) is 1.35. The van der Waals surface area contributed by atoms with Gasteiger partial charge in [0.05, 0.1) is 26.4 Å². The van der Waals surface area contributed by atoms with Crippen LogP contribution < -0.4 is 0 Å². The topological polar surface area (TPSA) is 55.4 Å². The number of hydrogen-bond acceptors (Lipinski definition) is 6. The van der Waals surface area contributed by atoms with Gasteiger partial charge in [0.2, 0.25) is 0 Å². The van der Waals surface area contributed by atoms with Crippen LogP contribution in [-0.4, -0.2) is 50.2 Å². The van der Waals surface area contributed by atoms with Gasteiger partial charge >= 0.3 is 0 Å². The van der Waals surface area contributed by atoms with Crippen molar-refractivity contribution in [2.75, 3.05) is 20.3 Å². The van der Waals surface area contributed by atoms with Gasteiger partial charge in [-0.15, -0.1) is 0 Å². The first kappa shape index (κ1) is 21.4. The van der Waals surface area contributed by atoms with E-state index in [0.717, 1.165) is 11.1 Å². The lowest BCUT2D eigenvalue weighted by atomic mass is 9.96. The van der Waals surface area contributed by atoms with E-state index in [1.807, 2.05) is 74.5 Å². The largest absolute Gasteiger partial charge is 0.381 e. The van der Waals surface area contributed by atoms with Gasteiger partial charge in [-0.2, -0.15) is 0 Å². The van der Waals surface area contributed by atoms with Crippen molar-refractivity contribution in [3.63, 3.8) is 0 Å². The van der Waals surface area contributed by atoms with E-state index >= 15 is 0 Å². The summed E-state index contributed by atoms with van der Waals surface area (Å²) in [7, 11) is 1.65. The molecule has 0 spiro atoms. The van der Waals surface area contributed by atoms with Crippen molar-refractivity contribution in [1.82, 2.24) is 0 Å². The number of fused-ring (bicyclic) bond motifs is 1. The van der Waals surface area contributed by atoms with E-state index in [9.17, 15) is 0 Å². The highest BCUT2D eigenvalue weighted by atomic mass is 16.8. The van der Waals surface area contributed by atoms with Gasteiger partial charge < -0.3 is 28.4 Å². The third kappa shape index (κ3) is 4.75. The molecule has 2 aromatic rings. The fourth-order valence-electron chi connectivity index (χ4n) is 4.09. The summed E-state index contributed by atoms with van der Waals surface area (Å²) < 4.78 is 36.5. The predicted octanol–water partition coefficient (Wildman–Crippen LogP) is 3.68. The highest BCUT2D eigenvalue weighted by Crippen LogP contribution is 2.44. The number of hydrogen-bond donors (Lipinski definition) is 0. The fourth-order valence-corrected chi connectivity index (χ4v) is 4.09. The number of benzene rings is 2. The normalized spacial score (nSPS) is 29.8. The predicted molar refractivity (Wildman–Crippen MR) is 111 cm³/mol. The van der Waals surface area contributed by atoms with E-state index in [1.54, 1.807) is 7.11 Å². The summed E-state index contributed by atoms with van der Waals surface area (Å²) >= 11 is 0. The maximum Gasteiger partial charge on any atom is 0.190 e. The molecule has 0 amide bonds. The second-order valence-electron chi connectivity index (χ2n) is 8.28. The molecular weight excluding hydrogens is 384 g/mol. The maximum atomic E-state index is 6.38. The Bertz CT molecular complexity index is 796. The molecule has 2 aliphatic rings. The molecule has 6 nitrogen and oxygen atoms in total. The lowest BCUT2D eigenvalue weighted by molar-refractivity contribution is -0.263. The van der Waals surface area contributed by atoms with E-state index in [1.165, 1.54) is 0 Å². The molecule has 2 fully saturated rings. The summed E-state index contributed by atoms with van der Waals surface area (Å²) in [6, 6.07) is 20.1. The molecule has 0 aromatic heterocycles. The fraction of sp³-hybridized carbons (Fsp3) is 0.500. The number of rotatable bonds is 9. The average molecular weight is 414 g/mol. The van der Waals surface area contributed by atoms with Crippen molar-refractivity contribution in [2.24, 2.45) is 0 Å². The Morgan fingerprint density at radius 3 is 2.07 bits per heavy atom. The lowest BCUT2D eigenvalue weighted by Gasteiger charge is -2.36. The first-order valence-electron chi connectivity index (χ1n) is 10.3. The average Bonchev–Trinajstić information content (AvgIpc) is 3.17. The van der Waals surface area contributed by atoms with Crippen LogP contribution in [0.2, 0.25) is 0 Å². The van der Waals surface area contributed by atoms with Crippen LogP contribution in [0.15, 0.2) is 60.7 Å². The molecule has 0 N–H and O–H groups in total. The van der Waals surface area contributed by atoms with Crippen LogP contribution in [-0.2, 0) is 41.6 Å². The zero-order valence-corrected chi connectivity index (χ0v) is 17.8. The van der Waals surface area contributed by atoms with Gasteiger partial charge in [-0.05, 0) is 25.0 Å². The van der Waals surface area contributed by atoms with Crippen LogP contribution >= 0.6 is 0 Å². The Labute approximate surface area is 178 Å². The molecule has 0 radical (unpaired) electrons. The van der Waals surface area contributed by atoms with Gasteiger partial charge in [0.25, 0.3) is 0 Å². The van der Waals surface area contributed by atoms with Crippen LogP contribution in [0.5, 0.6) is 0 Å². The second kappa shape index (κ2) is 9.14. The maximum absolute atomic E-state index is 6.38. The van der Waals surface area contributed by atoms with Crippen LogP contribution in [0.1, 0.15) is 25.0 Å². The summed E-state index contributed by atoms with van der Waals surface area (Å²) in [5, 5.41) is 0. The number of ether oxygens (including phenoxy) is 6. The van der Waals surface area contributed by atoms with Gasteiger partial charge in [0.15, 0.2) is 12.1 Å². The van der Waals surface area contributed by atoms with Gasteiger partial charge in [-0.1, -0.05) is 60.7 Å². The van der Waals surface area contributed by atoms with Crippen molar-refractivity contribution in [3.05, 3.63) is 71.8 Å². The Balaban J connectivity index is 1.51. The molecule has 6 heteroatoms. The summed E-state index contributed by atoms with van der Waals surface area (Å²) in [4.78, 5) is 0. The number of methoxy groups -OCH3 is 1. The van der Waals surface area contributed by atoms with E-state index in [0.29, 0.717) is 26.4 Å². The highest BCUT2D eigenvalue weighted by molar-refractivity contribution is 5.15. The van der Waals surface area contributed by atoms with Crippen LogP contribution in [0, 0.1) is 0 Å². The van der Waals surface area contributed by atoms with Crippen molar-refractivity contribution >= 4 is 0 Å². The third-order valence-corrected chi connectivity index (χ3v) is 5.37. The van der Waals surface area contributed by atoms with Gasteiger partial charge in [0, 0.05) is 7.11 Å². The molecule has 0 bridgehead atoms. The standard InChI is InChI=1S/C24H30O6/c1-23(2)28-20-21(27-15-19-12-8-5-9-13-19)24(16-25-3,30-22(20)29-23)17-26-14-18-10-6-4-7-11-18/h4-13,20-22H,14-17H2,1-3H3. The molecule has 2 aromatic carbocycles. The molecule has 2 heterocycles. The van der Waals surface area contributed by atoms with Crippen molar-refractivity contribution < 1.29 is 28.4 Å². The van der Waals surface area contributed by atoms with Gasteiger partial charge in [-0.25, -0.2) is 0 Å². The minimum Gasteiger partial charge on any atom is -0.381 e. The molecule has 4 unspecified atom stereocenters. The lowest BCUT2D eigenvalue weighted by Crippen LogP contribution is -2.53. The zero-order valence-electron chi connectivity index (χ0n) is 17.8. The Morgan fingerprint density at radius 2 is 1.43 bits per heavy atom. The van der Waals surface area contributed by atoms with E-state index in [4.69, 9.17) is 28.4 Å². The third-order valence-electron chi connectivity index (χ3n) is 5.37. The molecule has 0 saturated carbocycles.